The van der Waals surface area contributed by atoms with E-state index in [0.717, 1.165) is 5.56 Å². The summed E-state index contributed by atoms with van der Waals surface area (Å²) in [6.45, 7) is 1.52. The fraction of sp³-hybridized carbons (Fsp3) is 0.200. The first-order valence-electron chi connectivity index (χ1n) is 3.87. The number of hydrogen-bond donors (Lipinski definition) is 0. The molecular formula is C10H9Cl2O. The fourth-order valence-corrected chi connectivity index (χ4v) is 1.43. The molecule has 0 atom stereocenters. The maximum Gasteiger partial charge on any atom is 0.133 e. The number of Topliss-reactive ketones (excluding diaryl/α,β-unsaturated/α-hetero) is 1. The van der Waals surface area contributed by atoms with E-state index in [1.165, 1.54) is 6.92 Å². The topological polar surface area (TPSA) is 17.1 Å². The van der Waals surface area contributed by atoms with Gasteiger partial charge in [-0.25, -0.2) is 0 Å². The zero-order chi connectivity index (χ0) is 9.84. The molecule has 0 saturated heterocycles. The summed E-state index contributed by atoms with van der Waals surface area (Å²) >= 11 is 11.6. The zero-order valence-corrected chi connectivity index (χ0v) is 8.69. The second-order valence-corrected chi connectivity index (χ2v) is 3.60. The number of halogens is 2. The third-order valence-electron chi connectivity index (χ3n) is 1.62. The molecule has 1 aromatic rings. The molecule has 69 valence electrons. The van der Waals surface area contributed by atoms with Crippen LogP contribution in [0, 0.1) is 6.42 Å². The first-order chi connectivity index (χ1) is 6.09. The van der Waals surface area contributed by atoms with Crippen LogP contribution in [-0.4, -0.2) is 5.78 Å². The lowest BCUT2D eigenvalue weighted by Crippen LogP contribution is -1.95. The summed E-state index contributed by atoms with van der Waals surface area (Å²) in [5, 5.41) is 1.21. The average molecular weight is 216 g/mol. The Bertz CT molecular complexity index is 321. The van der Waals surface area contributed by atoms with Crippen molar-refractivity contribution in [1.82, 2.24) is 0 Å². The molecule has 1 aromatic carbocycles. The van der Waals surface area contributed by atoms with Gasteiger partial charge in [0.2, 0.25) is 0 Å². The smallest absolute Gasteiger partial charge is 0.133 e. The maximum absolute atomic E-state index is 10.7. The van der Waals surface area contributed by atoms with Gasteiger partial charge in [-0.05, 0) is 31.0 Å². The van der Waals surface area contributed by atoms with Crippen molar-refractivity contribution in [3.05, 3.63) is 40.2 Å². The highest BCUT2D eigenvalue weighted by atomic mass is 35.5. The van der Waals surface area contributed by atoms with Crippen molar-refractivity contribution in [2.45, 2.75) is 13.3 Å². The molecule has 0 aliphatic rings. The third-order valence-corrected chi connectivity index (χ3v) is 2.21. The van der Waals surface area contributed by atoms with Crippen molar-refractivity contribution in [3.8, 4) is 0 Å². The van der Waals surface area contributed by atoms with Gasteiger partial charge in [-0.3, -0.25) is 4.79 Å². The van der Waals surface area contributed by atoms with Gasteiger partial charge in [-0.15, -0.1) is 0 Å². The first-order valence-corrected chi connectivity index (χ1v) is 4.63. The summed E-state index contributed by atoms with van der Waals surface area (Å²) in [6.07, 6.45) is 2.15. The molecule has 1 radical (unpaired) electrons. The zero-order valence-electron chi connectivity index (χ0n) is 7.18. The number of ketones is 1. The predicted octanol–water partition coefficient (Wildman–Crippen LogP) is 3.33. The van der Waals surface area contributed by atoms with E-state index in [-0.39, 0.29) is 5.78 Å². The molecule has 0 N–H and O–H groups in total. The molecule has 0 amide bonds. The van der Waals surface area contributed by atoms with E-state index < -0.39 is 0 Å². The van der Waals surface area contributed by atoms with Crippen molar-refractivity contribution in [2.75, 3.05) is 0 Å². The second kappa shape index (κ2) is 4.64. The van der Waals surface area contributed by atoms with E-state index in [1.807, 2.05) is 6.07 Å². The average Bonchev–Trinajstić information content (AvgIpc) is 2.02. The lowest BCUT2D eigenvalue weighted by molar-refractivity contribution is -0.114. The highest BCUT2D eigenvalue weighted by Crippen LogP contribution is 2.21. The van der Waals surface area contributed by atoms with E-state index in [1.54, 1.807) is 18.6 Å². The number of carbonyl (C=O) groups excluding carboxylic acids is 1. The van der Waals surface area contributed by atoms with Crippen LogP contribution >= 0.6 is 23.2 Å². The molecule has 1 rings (SSSR count). The molecule has 0 heterocycles. The predicted molar refractivity (Wildman–Crippen MR) is 55.1 cm³/mol. The highest BCUT2D eigenvalue weighted by molar-refractivity contribution is 6.35. The van der Waals surface area contributed by atoms with Crippen LogP contribution in [0.25, 0.3) is 0 Å². The maximum atomic E-state index is 10.7. The molecule has 0 aromatic heterocycles. The molecule has 3 heteroatoms. The SMILES string of the molecule is CC(=O)[CH]Cc1ccc(Cl)cc1Cl. The molecule has 0 spiro atoms. The molecule has 0 bridgehead atoms. The Labute approximate surface area is 87.7 Å². The summed E-state index contributed by atoms with van der Waals surface area (Å²) in [5.74, 6) is 0.0472. The molecule has 13 heavy (non-hydrogen) atoms. The first kappa shape index (κ1) is 10.6. The van der Waals surface area contributed by atoms with Crippen molar-refractivity contribution < 1.29 is 4.79 Å². The van der Waals surface area contributed by atoms with Crippen LogP contribution in [0.4, 0.5) is 0 Å². The Morgan fingerprint density at radius 2 is 2.15 bits per heavy atom. The van der Waals surface area contributed by atoms with E-state index in [4.69, 9.17) is 23.2 Å². The number of benzene rings is 1. The second-order valence-electron chi connectivity index (χ2n) is 2.75. The van der Waals surface area contributed by atoms with Crippen molar-refractivity contribution >= 4 is 29.0 Å². The Hall–Kier alpha value is -0.530. The molecule has 0 unspecified atom stereocenters. The Kier molecular flexibility index (Phi) is 3.76. The van der Waals surface area contributed by atoms with Crippen molar-refractivity contribution in [2.24, 2.45) is 0 Å². The van der Waals surface area contributed by atoms with Gasteiger partial charge in [-0.1, -0.05) is 29.3 Å². The highest BCUT2D eigenvalue weighted by Gasteiger charge is 2.02. The molecule has 0 saturated carbocycles. The van der Waals surface area contributed by atoms with E-state index in [2.05, 4.69) is 0 Å². The van der Waals surface area contributed by atoms with Gasteiger partial charge in [0.05, 0.1) is 0 Å². The number of carbonyl (C=O) groups is 1. The minimum Gasteiger partial charge on any atom is -0.300 e. The minimum atomic E-state index is 0.0472. The number of hydrogen-bond acceptors (Lipinski definition) is 1. The summed E-state index contributed by atoms with van der Waals surface area (Å²) in [4.78, 5) is 10.7. The lowest BCUT2D eigenvalue weighted by Gasteiger charge is -2.02. The largest absolute Gasteiger partial charge is 0.300 e. The quantitative estimate of drug-likeness (QED) is 0.757. The monoisotopic (exact) mass is 215 g/mol. The van der Waals surface area contributed by atoms with E-state index >= 15 is 0 Å². The van der Waals surface area contributed by atoms with E-state index in [9.17, 15) is 4.79 Å². The van der Waals surface area contributed by atoms with Crippen LogP contribution < -0.4 is 0 Å². The normalized spacial score (nSPS) is 10.1. The van der Waals surface area contributed by atoms with Gasteiger partial charge in [0.15, 0.2) is 0 Å². The summed E-state index contributed by atoms with van der Waals surface area (Å²) in [7, 11) is 0. The van der Waals surface area contributed by atoms with Gasteiger partial charge in [0.25, 0.3) is 0 Å². The summed E-state index contributed by atoms with van der Waals surface area (Å²) in [6, 6.07) is 5.26. The van der Waals surface area contributed by atoms with Gasteiger partial charge >= 0.3 is 0 Å². The van der Waals surface area contributed by atoms with Gasteiger partial charge in [0.1, 0.15) is 5.78 Å². The van der Waals surface area contributed by atoms with E-state index in [0.29, 0.717) is 16.5 Å². The molecule has 0 aliphatic heterocycles. The Morgan fingerprint density at radius 3 is 2.69 bits per heavy atom. The Balaban J connectivity index is 2.72. The van der Waals surface area contributed by atoms with Crippen LogP contribution in [0.5, 0.6) is 0 Å². The molecule has 0 aliphatic carbocycles. The van der Waals surface area contributed by atoms with Crippen molar-refractivity contribution in [3.63, 3.8) is 0 Å². The Morgan fingerprint density at radius 1 is 1.46 bits per heavy atom. The summed E-state index contributed by atoms with van der Waals surface area (Å²) in [5.41, 5.74) is 0.918. The van der Waals surface area contributed by atoms with Crippen molar-refractivity contribution in [1.29, 1.82) is 0 Å². The molecule has 0 fully saturated rings. The van der Waals surface area contributed by atoms with Crippen LogP contribution in [0.15, 0.2) is 18.2 Å². The van der Waals surface area contributed by atoms with Crippen LogP contribution in [-0.2, 0) is 11.2 Å². The third kappa shape index (κ3) is 3.37. The van der Waals surface area contributed by atoms with Crippen LogP contribution in [0.1, 0.15) is 12.5 Å². The van der Waals surface area contributed by atoms with Crippen LogP contribution in [0.3, 0.4) is 0 Å². The summed E-state index contributed by atoms with van der Waals surface area (Å²) < 4.78 is 0. The van der Waals surface area contributed by atoms with Crippen LogP contribution in [0.2, 0.25) is 10.0 Å². The molecular weight excluding hydrogens is 207 g/mol. The fourth-order valence-electron chi connectivity index (χ4n) is 0.941. The standard InChI is InChI=1S/C10H9Cl2O/c1-7(13)2-3-8-4-5-9(11)6-10(8)12/h2,4-6H,3H2,1H3. The lowest BCUT2D eigenvalue weighted by atomic mass is 10.1. The number of rotatable bonds is 3. The van der Waals surface area contributed by atoms with Gasteiger partial charge < -0.3 is 0 Å². The molecule has 1 nitrogen and oxygen atoms in total. The minimum absolute atomic E-state index is 0.0472. The van der Waals surface area contributed by atoms with Gasteiger partial charge in [0, 0.05) is 16.5 Å². The van der Waals surface area contributed by atoms with Gasteiger partial charge in [-0.2, -0.15) is 0 Å².